The van der Waals surface area contributed by atoms with Crippen LogP contribution in [0.2, 0.25) is 0 Å². The number of halogens is 3. The van der Waals surface area contributed by atoms with Crippen molar-refractivity contribution in [2.45, 2.75) is 57.8 Å². The number of hydrogen-bond acceptors (Lipinski definition) is 1. The molecule has 0 radical (unpaired) electrons. The molecule has 0 aromatic heterocycles. The Hall–Kier alpha value is -2.28. The van der Waals surface area contributed by atoms with E-state index in [1.807, 2.05) is 0 Å². The third-order valence-electron chi connectivity index (χ3n) is 6.67. The van der Waals surface area contributed by atoms with E-state index in [1.54, 1.807) is 12.1 Å². The van der Waals surface area contributed by atoms with Crippen molar-refractivity contribution in [2.75, 3.05) is 0 Å². The highest BCUT2D eigenvalue weighted by Crippen LogP contribution is 2.48. The summed E-state index contributed by atoms with van der Waals surface area (Å²) in [6, 6.07) is 6.96. The van der Waals surface area contributed by atoms with E-state index in [-0.39, 0.29) is 11.1 Å². The Morgan fingerprint density at radius 1 is 1.00 bits per heavy atom. The fourth-order valence-corrected chi connectivity index (χ4v) is 5.35. The number of aryl methyl sites for hydroxylation is 1. The molecular weight excluding hydrogens is 359 g/mol. The van der Waals surface area contributed by atoms with Crippen molar-refractivity contribution in [3.05, 3.63) is 58.4 Å². The predicted octanol–water partition coefficient (Wildman–Crippen LogP) is 6.89. The maximum atomic E-state index is 15.0. The first kappa shape index (κ1) is 19.1. The second-order valence-corrected chi connectivity index (χ2v) is 8.33. The molecule has 28 heavy (non-hydrogen) atoms. The molecule has 0 amide bonds. The average Bonchev–Trinajstić information content (AvgIpc) is 2.67. The molecular formula is C24H24F3N. The molecule has 0 N–H and O–H groups in total. The van der Waals surface area contributed by atoms with Crippen LogP contribution in [0.1, 0.15) is 68.1 Å². The fourth-order valence-electron chi connectivity index (χ4n) is 5.35. The molecule has 0 unspecified atom stereocenters. The number of nitriles is 1. The van der Waals surface area contributed by atoms with Crippen molar-refractivity contribution in [3.63, 3.8) is 0 Å². The summed E-state index contributed by atoms with van der Waals surface area (Å²) < 4.78 is 43.0. The van der Waals surface area contributed by atoms with Gasteiger partial charge in [-0.2, -0.15) is 5.26 Å². The van der Waals surface area contributed by atoms with E-state index in [0.29, 0.717) is 11.8 Å². The zero-order valence-corrected chi connectivity index (χ0v) is 16.1. The molecule has 1 fully saturated rings. The maximum Gasteiger partial charge on any atom is 0.144 e. The standard InChI is InChI=1S/C24H24F3N/c1-2-3-14-4-7-18-15(8-14)5-6-16-9-20(24(27)12-19(16)18)17-10-22(25)21(13-28)23(26)11-17/h9-12,14-15,18H,2-8H2,1H3/t14-,15+,18+/m1/s1. The van der Waals surface area contributed by atoms with Crippen molar-refractivity contribution in [1.82, 2.24) is 0 Å². The topological polar surface area (TPSA) is 23.8 Å². The predicted molar refractivity (Wildman–Crippen MR) is 103 cm³/mol. The van der Waals surface area contributed by atoms with E-state index >= 15 is 0 Å². The van der Waals surface area contributed by atoms with Crippen molar-refractivity contribution in [3.8, 4) is 17.2 Å². The number of rotatable bonds is 3. The Labute approximate surface area is 164 Å². The van der Waals surface area contributed by atoms with E-state index < -0.39 is 23.0 Å². The normalized spacial score (nSPS) is 23.6. The smallest absolute Gasteiger partial charge is 0.144 e. The summed E-state index contributed by atoms with van der Waals surface area (Å²) >= 11 is 0. The largest absolute Gasteiger partial charge is 0.206 e. The molecule has 0 spiro atoms. The third kappa shape index (κ3) is 3.32. The molecule has 0 heterocycles. The van der Waals surface area contributed by atoms with Gasteiger partial charge in [-0.1, -0.05) is 19.8 Å². The zero-order valence-electron chi connectivity index (χ0n) is 16.1. The highest BCUT2D eigenvalue weighted by molar-refractivity contribution is 5.67. The fraction of sp³-hybridized carbons (Fsp3) is 0.458. The lowest BCUT2D eigenvalue weighted by molar-refractivity contribution is 0.201. The van der Waals surface area contributed by atoms with E-state index in [9.17, 15) is 13.2 Å². The molecule has 0 bridgehead atoms. The molecule has 146 valence electrons. The van der Waals surface area contributed by atoms with Crippen LogP contribution in [0.15, 0.2) is 24.3 Å². The number of hydrogen-bond donors (Lipinski definition) is 0. The van der Waals surface area contributed by atoms with Gasteiger partial charge in [-0.25, -0.2) is 13.2 Å². The van der Waals surface area contributed by atoms with Gasteiger partial charge in [0.15, 0.2) is 0 Å². The van der Waals surface area contributed by atoms with Crippen LogP contribution in [0.5, 0.6) is 0 Å². The van der Waals surface area contributed by atoms with Crippen LogP contribution in [0.25, 0.3) is 11.1 Å². The van der Waals surface area contributed by atoms with Crippen LogP contribution in [-0.4, -0.2) is 0 Å². The number of nitrogens with zero attached hydrogens (tertiary/aromatic N) is 1. The summed E-state index contributed by atoms with van der Waals surface area (Å²) in [5.41, 5.74) is 1.90. The first-order valence-electron chi connectivity index (χ1n) is 10.2. The van der Waals surface area contributed by atoms with Gasteiger partial charge in [0, 0.05) is 5.56 Å². The monoisotopic (exact) mass is 383 g/mol. The molecule has 1 nitrogen and oxygen atoms in total. The molecule has 2 aliphatic carbocycles. The van der Waals surface area contributed by atoms with Gasteiger partial charge in [-0.05, 0) is 90.8 Å². The van der Waals surface area contributed by atoms with Crippen LogP contribution in [0, 0.1) is 40.6 Å². The van der Waals surface area contributed by atoms with Crippen LogP contribution < -0.4 is 0 Å². The average molecular weight is 383 g/mol. The van der Waals surface area contributed by atoms with Crippen molar-refractivity contribution in [1.29, 1.82) is 5.26 Å². The van der Waals surface area contributed by atoms with Gasteiger partial charge in [0.25, 0.3) is 0 Å². The lowest BCUT2D eigenvalue weighted by Crippen LogP contribution is -2.28. The van der Waals surface area contributed by atoms with E-state index in [1.165, 1.54) is 31.8 Å². The SMILES string of the molecule is CCC[C@@H]1CC[C@@H]2c3cc(F)c(-c4cc(F)c(C#N)c(F)c4)cc3CC[C@H]2C1. The molecule has 4 rings (SSSR count). The molecule has 0 saturated heterocycles. The van der Waals surface area contributed by atoms with Crippen molar-refractivity contribution < 1.29 is 13.2 Å². The molecule has 4 heteroatoms. The summed E-state index contributed by atoms with van der Waals surface area (Å²) in [6.45, 7) is 2.23. The van der Waals surface area contributed by atoms with Crippen molar-refractivity contribution >= 4 is 0 Å². The van der Waals surface area contributed by atoms with Crippen LogP contribution >= 0.6 is 0 Å². The van der Waals surface area contributed by atoms with E-state index in [4.69, 9.17) is 5.26 Å². The first-order valence-corrected chi connectivity index (χ1v) is 10.2. The van der Waals surface area contributed by atoms with Gasteiger partial charge >= 0.3 is 0 Å². The minimum atomic E-state index is -0.955. The highest BCUT2D eigenvalue weighted by Gasteiger charge is 2.35. The van der Waals surface area contributed by atoms with Gasteiger partial charge in [-0.15, -0.1) is 0 Å². The van der Waals surface area contributed by atoms with Gasteiger partial charge in [0.2, 0.25) is 0 Å². The summed E-state index contributed by atoms with van der Waals surface area (Å²) in [5, 5.41) is 8.83. The highest BCUT2D eigenvalue weighted by atomic mass is 19.1. The van der Waals surface area contributed by atoms with Gasteiger partial charge < -0.3 is 0 Å². The maximum absolute atomic E-state index is 15.0. The number of benzene rings is 2. The molecule has 2 aliphatic rings. The Balaban J connectivity index is 1.68. The molecule has 2 aromatic rings. The van der Waals surface area contributed by atoms with Crippen LogP contribution in [-0.2, 0) is 6.42 Å². The second kappa shape index (κ2) is 7.62. The number of fused-ring (bicyclic) bond motifs is 3. The molecule has 3 atom stereocenters. The van der Waals surface area contributed by atoms with E-state index in [2.05, 4.69) is 6.92 Å². The summed E-state index contributed by atoms with van der Waals surface area (Å²) in [6.07, 6.45) is 7.99. The molecule has 0 aliphatic heterocycles. The van der Waals surface area contributed by atoms with E-state index in [0.717, 1.165) is 48.4 Å². The molecule has 1 saturated carbocycles. The van der Waals surface area contributed by atoms with Gasteiger partial charge in [0.05, 0.1) is 0 Å². The third-order valence-corrected chi connectivity index (χ3v) is 6.67. The minimum absolute atomic E-state index is 0.142. The van der Waals surface area contributed by atoms with Gasteiger partial charge in [0.1, 0.15) is 29.1 Å². The lowest BCUT2D eigenvalue weighted by atomic mass is 9.64. The van der Waals surface area contributed by atoms with Crippen LogP contribution in [0.3, 0.4) is 0 Å². The van der Waals surface area contributed by atoms with Crippen molar-refractivity contribution in [2.24, 2.45) is 11.8 Å². The Morgan fingerprint density at radius 3 is 2.43 bits per heavy atom. The first-order chi connectivity index (χ1) is 13.5. The summed E-state index contributed by atoms with van der Waals surface area (Å²) in [5.74, 6) is -0.546. The minimum Gasteiger partial charge on any atom is -0.206 e. The second-order valence-electron chi connectivity index (χ2n) is 8.33. The Bertz CT molecular complexity index is 921. The van der Waals surface area contributed by atoms with Crippen LogP contribution in [0.4, 0.5) is 13.2 Å². The van der Waals surface area contributed by atoms with Gasteiger partial charge in [-0.3, -0.25) is 0 Å². The molecule has 2 aromatic carbocycles. The quantitative estimate of drug-likeness (QED) is 0.566. The lowest BCUT2D eigenvalue weighted by Gasteiger charge is -2.41. The summed E-state index contributed by atoms with van der Waals surface area (Å²) in [4.78, 5) is 0. The summed E-state index contributed by atoms with van der Waals surface area (Å²) in [7, 11) is 0. The zero-order chi connectivity index (χ0) is 19.8. The Kier molecular flexibility index (Phi) is 5.19. The Morgan fingerprint density at radius 2 is 1.75 bits per heavy atom.